The first-order chi connectivity index (χ1) is 9.49. The van der Waals surface area contributed by atoms with Gasteiger partial charge >= 0.3 is 0 Å². The molecule has 2 saturated heterocycles. The average molecular weight is 281 g/mol. The first-order valence-corrected chi connectivity index (χ1v) is 8.97. The fourth-order valence-electron chi connectivity index (χ4n) is 4.21. The Morgan fingerprint density at radius 1 is 0.650 bits per heavy atom. The zero-order valence-electron chi connectivity index (χ0n) is 14.4. The fraction of sp³-hybridized carbons (Fsp3) is 1.00. The third-order valence-corrected chi connectivity index (χ3v) is 6.08. The Morgan fingerprint density at radius 3 is 1.55 bits per heavy atom. The van der Waals surface area contributed by atoms with E-state index >= 15 is 0 Å². The van der Waals surface area contributed by atoms with Gasteiger partial charge in [-0.3, -0.25) is 0 Å². The first kappa shape index (κ1) is 16.3. The molecule has 1 unspecified atom stereocenters. The van der Waals surface area contributed by atoms with E-state index in [1.807, 2.05) is 0 Å². The lowest BCUT2D eigenvalue weighted by Crippen LogP contribution is -2.48. The van der Waals surface area contributed by atoms with Crippen molar-refractivity contribution in [2.24, 2.45) is 17.8 Å². The van der Waals surface area contributed by atoms with E-state index in [9.17, 15) is 0 Å². The zero-order valence-corrected chi connectivity index (χ0v) is 14.4. The Bertz CT molecular complexity index is 243. The van der Waals surface area contributed by atoms with Crippen molar-refractivity contribution in [3.8, 4) is 0 Å². The molecule has 0 bridgehead atoms. The highest BCUT2D eigenvalue weighted by Gasteiger charge is 2.31. The first-order valence-electron chi connectivity index (χ1n) is 8.97. The molecular weight excluding hydrogens is 244 g/mol. The lowest BCUT2D eigenvalue weighted by molar-refractivity contribution is 0.0558. The van der Waals surface area contributed by atoms with Crippen LogP contribution in [-0.4, -0.2) is 48.1 Å². The van der Waals surface area contributed by atoms with Crippen molar-refractivity contribution in [1.82, 2.24) is 9.80 Å². The van der Waals surface area contributed by atoms with Crippen LogP contribution in [0.3, 0.4) is 0 Å². The van der Waals surface area contributed by atoms with E-state index < -0.39 is 0 Å². The smallest absolute Gasteiger partial charge is 0.00961 e. The molecule has 0 aromatic carbocycles. The summed E-state index contributed by atoms with van der Waals surface area (Å²) in [5.74, 6) is 2.78. The molecule has 1 atom stereocenters. The quantitative estimate of drug-likeness (QED) is 0.771. The maximum Gasteiger partial charge on any atom is 0.00961 e. The third kappa shape index (κ3) is 3.98. The Balaban J connectivity index is 1.77. The molecule has 2 rings (SSSR count). The molecule has 2 nitrogen and oxygen atoms in total. The molecule has 0 radical (unpaired) electrons. The van der Waals surface area contributed by atoms with E-state index in [2.05, 4.69) is 44.4 Å². The summed E-state index contributed by atoms with van der Waals surface area (Å²) in [6.45, 7) is 17.3. The van der Waals surface area contributed by atoms with Gasteiger partial charge in [0.05, 0.1) is 0 Å². The topological polar surface area (TPSA) is 6.48 Å². The van der Waals surface area contributed by atoms with E-state index in [0.717, 1.165) is 29.8 Å². The summed E-state index contributed by atoms with van der Waals surface area (Å²) in [4.78, 5) is 5.43. The standard InChI is InChI=1S/C18H36N2/c1-14(2)17-6-12-20(13-7-17)16(5)18-8-10-19(11-9-18)15(3)4/h14-18H,6-13H2,1-5H3. The van der Waals surface area contributed by atoms with Crippen LogP contribution in [0.5, 0.6) is 0 Å². The Hall–Kier alpha value is -0.0800. The minimum atomic E-state index is 0.730. The molecule has 0 amide bonds. The van der Waals surface area contributed by atoms with Crippen molar-refractivity contribution in [3.63, 3.8) is 0 Å². The van der Waals surface area contributed by atoms with Crippen molar-refractivity contribution in [1.29, 1.82) is 0 Å². The lowest BCUT2D eigenvalue weighted by atomic mass is 9.83. The zero-order chi connectivity index (χ0) is 14.7. The molecule has 2 aliphatic heterocycles. The van der Waals surface area contributed by atoms with E-state index in [1.54, 1.807) is 0 Å². The summed E-state index contributed by atoms with van der Waals surface area (Å²) >= 11 is 0. The highest BCUT2D eigenvalue weighted by Crippen LogP contribution is 2.30. The van der Waals surface area contributed by atoms with Crippen molar-refractivity contribution in [3.05, 3.63) is 0 Å². The van der Waals surface area contributed by atoms with Crippen LogP contribution in [-0.2, 0) is 0 Å². The van der Waals surface area contributed by atoms with Gasteiger partial charge in [-0.25, -0.2) is 0 Å². The predicted octanol–water partition coefficient (Wildman–Crippen LogP) is 3.86. The molecule has 0 saturated carbocycles. The van der Waals surface area contributed by atoms with Gasteiger partial charge in [0.1, 0.15) is 0 Å². The maximum absolute atomic E-state index is 2.79. The Kier molecular flexibility index (Phi) is 5.92. The van der Waals surface area contributed by atoms with Gasteiger partial charge in [0.25, 0.3) is 0 Å². The van der Waals surface area contributed by atoms with Crippen LogP contribution in [0.25, 0.3) is 0 Å². The van der Waals surface area contributed by atoms with Gasteiger partial charge in [-0.15, -0.1) is 0 Å². The van der Waals surface area contributed by atoms with Gasteiger partial charge in [-0.05, 0) is 90.4 Å². The van der Waals surface area contributed by atoms with E-state index in [1.165, 1.54) is 51.9 Å². The Labute approximate surface area is 126 Å². The minimum Gasteiger partial charge on any atom is -0.301 e. The number of piperidine rings is 2. The number of nitrogens with zero attached hydrogens (tertiary/aromatic N) is 2. The monoisotopic (exact) mass is 280 g/mol. The molecule has 0 N–H and O–H groups in total. The van der Waals surface area contributed by atoms with Gasteiger partial charge in [-0.1, -0.05) is 13.8 Å². The molecule has 0 aromatic heterocycles. The molecule has 2 heterocycles. The molecule has 2 heteroatoms. The normalized spacial score (nSPS) is 26.6. The second-order valence-electron chi connectivity index (χ2n) is 7.83. The predicted molar refractivity (Wildman–Crippen MR) is 88.0 cm³/mol. The number of likely N-dealkylation sites (tertiary alicyclic amines) is 2. The van der Waals surface area contributed by atoms with Crippen molar-refractivity contribution in [2.45, 2.75) is 72.4 Å². The molecule has 2 aliphatic rings. The minimum absolute atomic E-state index is 0.730. The summed E-state index contributed by atoms with van der Waals surface area (Å²) in [5, 5.41) is 0. The van der Waals surface area contributed by atoms with E-state index in [4.69, 9.17) is 0 Å². The highest BCUT2D eigenvalue weighted by atomic mass is 15.2. The van der Waals surface area contributed by atoms with Crippen LogP contribution >= 0.6 is 0 Å². The molecule has 0 spiro atoms. The number of hydrogen-bond acceptors (Lipinski definition) is 2. The number of hydrogen-bond donors (Lipinski definition) is 0. The van der Waals surface area contributed by atoms with Crippen LogP contribution in [0.1, 0.15) is 60.3 Å². The van der Waals surface area contributed by atoms with Crippen LogP contribution in [0, 0.1) is 17.8 Å². The summed E-state index contributed by atoms with van der Waals surface area (Å²) in [7, 11) is 0. The maximum atomic E-state index is 2.79. The Morgan fingerprint density at radius 2 is 1.10 bits per heavy atom. The second kappa shape index (κ2) is 7.26. The van der Waals surface area contributed by atoms with Gasteiger partial charge in [-0.2, -0.15) is 0 Å². The molecule has 118 valence electrons. The van der Waals surface area contributed by atoms with Crippen LogP contribution in [0.15, 0.2) is 0 Å². The molecule has 2 fully saturated rings. The van der Waals surface area contributed by atoms with Crippen LogP contribution in [0.4, 0.5) is 0 Å². The molecule has 20 heavy (non-hydrogen) atoms. The van der Waals surface area contributed by atoms with Gasteiger partial charge in [0.15, 0.2) is 0 Å². The fourth-order valence-corrected chi connectivity index (χ4v) is 4.21. The lowest BCUT2D eigenvalue weighted by Gasteiger charge is -2.43. The summed E-state index contributed by atoms with van der Waals surface area (Å²) < 4.78 is 0. The third-order valence-electron chi connectivity index (χ3n) is 6.08. The van der Waals surface area contributed by atoms with E-state index in [-0.39, 0.29) is 0 Å². The summed E-state index contributed by atoms with van der Waals surface area (Å²) in [5.41, 5.74) is 0. The van der Waals surface area contributed by atoms with Gasteiger partial charge < -0.3 is 9.80 Å². The summed E-state index contributed by atoms with van der Waals surface area (Å²) in [6, 6.07) is 1.53. The largest absolute Gasteiger partial charge is 0.301 e. The average Bonchev–Trinajstić information content (AvgIpc) is 2.46. The number of rotatable bonds is 4. The van der Waals surface area contributed by atoms with E-state index in [0.29, 0.717) is 0 Å². The molecular formula is C18H36N2. The van der Waals surface area contributed by atoms with Crippen molar-refractivity contribution in [2.75, 3.05) is 26.2 Å². The van der Waals surface area contributed by atoms with Gasteiger partial charge in [0, 0.05) is 12.1 Å². The van der Waals surface area contributed by atoms with Crippen LogP contribution < -0.4 is 0 Å². The second-order valence-corrected chi connectivity index (χ2v) is 7.83. The van der Waals surface area contributed by atoms with Crippen molar-refractivity contribution >= 4 is 0 Å². The van der Waals surface area contributed by atoms with Crippen molar-refractivity contribution < 1.29 is 0 Å². The molecule has 0 aromatic rings. The summed E-state index contributed by atoms with van der Waals surface area (Å²) in [6.07, 6.45) is 5.66. The van der Waals surface area contributed by atoms with Crippen LogP contribution in [0.2, 0.25) is 0 Å². The SMILES string of the molecule is CC(C)C1CCN(C(C)C2CCN(C(C)C)CC2)CC1. The molecule has 0 aliphatic carbocycles. The van der Waals surface area contributed by atoms with Gasteiger partial charge in [0.2, 0.25) is 0 Å². The highest BCUT2D eigenvalue weighted by molar-refractivity contribution is 4.85.